The molecule has 0 atom stereocenters. The fraction of sp³-hybridized carbons (Fsp3) is 0.692. The van der Waals surface area contributed by atoms with Crippen LogP contribution in [0.2, 0.25) is 0 Å². The van der Waals surface area contributed by atoms with Gasteiger partial charge in [0.05, 0.1) is 6.42 Å². The number of imidazole rings is 1. The lowest BCUT2D eigenvalue weighted by molar-refractivity contribution is -0.136. The number of carboxylic acid groups (broad SMARTS) is 1. The van der Waals surface area contributed by atoms with Crippen LogP contribution in [0.1, 0.15) is 56.0 Å². The molecule has 2 rings (SSSR count). The van der Waals surface area contributed by atoms with Crippen molar-refractivity contribution in [2.24, 2.45) is 7.05 Å². The molecule has 17 heavy (non-hydrogen) atoms. The van der Waals surface area contributed by atoms with Crippen molar-refractivity contribution in [1.82, 2.24) is 9.55 Å². The van der Waals surface area contributed by atoms with Crippen LogP contribution in [0, 0.1) is 0 Å². The van der Waals surface area contributed by atoms with Crippen LogP contribution in [0.3, 0.4) is 0 Å². The molecule has 0 unspecified atom stereocenters. The van der Waals surface area contributed by atoms with E-state index in [1.807, 2.05) is 13.2 Å². The van der Waals surface area contributed by atoms with E-state index >= 15 is 0 Å². The smallest absolute Gasteiger partial charge is 0.303 e. The highest BCUT2D eigenvalue weighted by Crippen LogP contribution is 2.31. The van der Waals surface area contributed by atoms with Crippen molar-refractivity contribution in [3.8, 4) is 0 Å². The highest BCUT2D eigenvalue weighted by atomic mass is 16.4. The molecule has 94 valence electrons. The van der Waals surface area contributed by atoms with Gasteiger partial charge in [0.2, 0.25) is 0 Å². The van der Waals surface area contributed by atoms with Gasteiger partial charge in [-0.1, -0.05) is 19.3 Å². The van der Waals surface area contributed by atoms with Crippen LogP contribution in [0.15, 0.2) is 6.20 Å². The number of aromatic nitrogens is 2. The van der Waals surface area contributed by atoms with Crippen molar-refractivity contribution in [1.29, 1.82) is 0 Å². The SMILES string of the molecule is Cn1c(CCC(=O)O)cnc1C1CCCCC1. The number of hydrogen-bond donors (Lipinski definition) is 1. The first-order valence-electron chi connectivity index (χ1n) is 6.40. The highest BCUT2D eigenvalue weighted by Gasteiger charge is 2.20. The summed E-state index contributed by atoms with van der Waals surface area (Å²) in [7, 11) is 2.01. The molecule has 0 bridgehead atoms. The Balaban J connectivity index is 2.05. The van der Waals surface area contributed by atoms with Crippen LogP contribution < -0.4 is 0 Å². The van der Waals surface area contributed by atoms with Crippen LogP contribution in [-0.2, 0) is 18.3 Å². The zero-order chi connectivity index (χ0) is 12.3. The van der Waals surface area contributed by atoms with E-state index in [9.17, 15) is 4.79 Å². The third kappa shape index (κ3) is 2.87. The molecular weight excluding hydrogens is 216 g/mol. The Morgan fingerprint density at radius 3 is 2.82 bits per heavy atom. The molecule has 1 aliphatic carbocycles. The van der Waals surface area contributed by atoms with Gasteiger partial charge < -0.3 is 9.67 Å². The third-order valence-electron chi connectivity index (χ3n) is 3.69. The second-order valence-electron chi connectivity index (χ2n) is 4.90. The van der Waals surface area contributed by atoms with Gasteiger partial charge >= 0.3 is 5.97 Å². The Morgan fingerprint density at radius 1 is 1.47 bits per heavy atom. The Bertz CT molecular complexity index is 392. The first kappa shape index (κ1) is 12.1. The molecule has 1 saturated carbocycles. The summed E-state index contributed by atoms with van der Waals surface area (Å²) in [6.07, 6.45) is 8.98. The summed E-state index contributed by atoms with van der Waals surface area (Å²) in [5.41, 5.74) is 1.04. The van der Waals surface area contributed by atoms with Gasteiger partial charge in [0, 0.05) is 24.9 Å². The Hall–Kier alpha value is -1.32. The van der Waals surface area contributed by atoms with Crippen molar-refractivity contribution in [3.05, 3.63) is 17.7 Å². The van der Waals surface area contributed by atoms with Crippen molar-refractivity contribution in [2.45, 2.75) is 50.9 Å². The summed E-state index contributed by atoms with van der Waals surface area (Å²) in [5, 5.41) is 8.69. The van der Waals surface area contributed by atoms with Crippen molar-refractivity contribution in [2.75, 3.05) is 0 Å². The molecule has 1 N–H and O–H groups in total. The van der Waals surface area contributed by atoms with Crippen molar-refractivity contribution in [3.63, 3.8) is 0 Å². The average molecular weight is 236 g/mol. The molecule has 4 heteroatoms. The van der Waals surface area contributed by atoms with Gasteiger partial charge in [-0.3, -0.25) is 4.79 Å². The van der Waals surface area contributed by atoms with E-state index in [2.05, 4.69) is 9.55 Å². The fourth-order valence-electron chi connectivity index (χ4n) is 2.67. The molecule has 0 aliphatic heterocycles. The first-order valence-corrected chi connectivity index (χ1v) is 6.40. The van der Waals surface area contributed by atoms with E-state index in [0.29, 0.717) is 12.3 Å². The van der Waals surface area contributed by atoms with Crippen LogP contribution in [0.4, 0.5) is 0 Å². The molecule has 0 saturated heterocycles. The Morgan fingerprint density at radius 2 is 2.18 bits per heavy atom. The molecule has 4 nitrogen and oxygen atoms in total. The topological polar surface area (TPSA) is 55.1 Å². The van der Waals surface area contributed by atoms with Gasteiger partial charge in [-0.2, -0.15) is 0 Å². The number of hydrogen-bond acceptors (Lipinski definition) is 2. The number of carboxylic acids is 1. The minimum absolute atomic E-state index is 0.184. The number of rotatable bonds is 4. The van der Waals surface area contributed by atoms with E-state index in [0.717, 1.165) is 11.5 Å². The second kappa shape index (κ2) is 5.34. The van der Waals surface area contributed by atoms with E-state index in [-0.39, 0.29) is 6.42 Å². The quantitative estimate of drug-likeness (QED) is 0.873. The molecule has 1 aliphatic rings. The normalized spacial score (nSPS) is 17.2. The molecule has 1 fully saturated rings. The predicted molar refractivity (Wildman–Crippen MR) is 65.0 cm³/mol. The summed E-state index contributed by atoms with van der Waals surface area (Å²) >= 11 is 0. The molecule has 1 aromatic rings. The molecule has 1 aromatic heterocycles. The molecule has 0 aromatic carbocycles. The third-order valence-corrected chi connectivity index (χ3v) is 3.69. The Kier molecular flexibility index (Phi) is 3.82. The minimum atomic E-state index is -0.745. The summed E-state index contributed by atoms with van der Waals surface area (Å²) in [5.74, 6) is 0.975. The van der Waals surface area contributed by atoms with E-state index in [4.69, 9.17) is 5.11 Å². The number of aryl methyl sites for hydroxylation is 1. The lowest BCUT2D eigenvalue weighted by Crippen LogP contribution is -2.11. The maximum atomic E-state index is 10.6. The van der Waals surface area contributed by atoms with Crippen LogP contribution >= 0.6 is 0 Å². The summed E-state index contributed by atoms with van der Waals surface area (Å²) in [4.78, 5) is 15.1. The largest absolute Gasteiger partial charge is 0.481 e. The van der Waals surface area contributed by atoms with Crippen molar-refractivity contribution >= 4 is 5.97 Å². The Labute approximate surface area is 102 Å². The van der Waals surface area contributed by atoms with Crippen LogP contribution in [-0.4, -0.2) is 20.6 Å². The van der Waals surface area contributed by atoms with Gasteiger partial charge in [-0.05, 0) is 19.3 Å². The second-order valence-corrected chi connectivity index (χ2v) is 4.90. The van der Waals surface area contributed by atoms with E-state index < -0.39 is 5.97 Å². The molecule has 1 heterocycles. The maximum absolute atomic E-state index is 10.6. The van der Waals surface area contributed by atoms with Gasteiger partial charge in [0.1, 0.15) is 5.82 Å². The summed E-state index contributed by atoms with van der Waals surface area (Å²) in [6.45, 7) is 0. The zero-order valence-corrected chi connectivity index (χ0v) is 10.4. The van der Waals surface area contributed by atoms with Gasteiger partial charge in [-0.25, -0.2) is 4.98 Å². The fourth-order valence-corrected chi connectivity index (χ4v) is 2.67. The summed E-state index contributed by atoms with van der Waals surface area (Å²) < 4.78 is 2.10. The van der Waals surface area contributed by atoms with E-state index in [1.165, 1.54) is 32.1 Å². The highest BCUT2D eigenvalue weighted by molar-refractivity contribution is 5.66. The van der Waals surface area contributed by atoms with Crippen LogP contribution in [0.5, 0.6) is 0 Å². The number of nitrogens with zero attached hydrogens (tertiary/aromatic N) is 2. The maximum Gasteiger partial charge on any atom is 0.303 e. The summed E-state index contributed by atoms with van der Waals surface area (Å²) in [6, 6.07) is 0. The van der Waals surface area contributed by atoms with Crippen LogP contribution in [0.25, 0.3) is 0 Å². The number of aliphatic carboxylic acids is 1. The lowest BCUT2D eigenvalue weighted by Gasteiger charge is -2.21. The van der Waals surface area contributed by atoms with Gasteiger partial charge in [0.25, 0.3) is 0 Å². The van der Waals surface area contributed by atoms with Gasteiger partial charge in [0.15, 0.2) is 0 Å². The van der Waals surface area contributed by atoms with Gasteiger partial charge in [-0.15, -0.1) is 0 Å². The molecular formula is C13H20N2O2. The lowest BCUT2D eigenvalue weighted by atomic mass is 9.89. The standard InChI is InChI=1S/C13H20N2O2/c1-15-11(7-8-12(16)17)9-14-13(15)10-5-3-2-4-6-10/h9-10H,2-8H2,1H3,(H,16,17). The molecule has 0 amide bonds. The van der Waals surface area contributed by atoms with Crippen molar-refractivity contribution < 1.29 is 9.90 Å². The molecule has 0 radical (unpaired) electrons. The predicted octanol–water partition coefficient (Wildman–Crippen LogP) is 2.49. The zero-order valence-electron chi connectivity index (χ0n) is 10.4. The molecule has 0 spiro atoms. The van der Waals surface area contributed by atoms with E-state index in [1.54, 1.807) is 0 Å². The monoisotopic (exact) mass is 236 g/mol. The first-order chi connectivity index (χ1) is 8.18. The number of carbonyl (C=O) groups is 1. The minimum Gasteiger partial charge on any atom is -0.481 e. The average Bonchev–Trinajstić information content (AvgIpc) is 2.69.